The quantitative estimate of drug-likeness (QED) is 0.467. The number of rotatable bonds is 7. The molecule has 0 spiro atoms. The van der Waals surface area contributed by atoms with Crippen LogP contribution in [0.5, 0.6) is 0 Å². The summed E-state index contributed by atoms with van der Waals surface area (Å²) in [5, 5.41) is 16.8. The van der Waals surface area contributed by atoms with Gasteiger partial charge in [-0.15, -0.1) is 0 Å². The third-order valence-electron chi connectivity index (χ3n) is 1.58. The summed E-state index contributed by atoms with van der Waals surface area (Å²) in [5.74, 6) is -1.40. The van der Waals surface area contributed by atoms with Crippen molar-refractivity contribution < 1.29 is 24.5 Å². The van der Waals surface area contributed by atoms with E-state index in [1.807, 2.05) is 0 Å². The molecule has 0 fully saturated rings. The van der Waals surface area contributed by atoms with Gasteiger partial charge in [-0.25, -0.2) is 0 Å². The first kappa shape index (κ1) is 12.9. The number of aliphatic hydroxyl groups is 1. The first-order valence-electron chi connectivity index (χ1n) is 4.58. The average Bonchev–Trinajstić information content (AvgIpc) is 2.02. The molecule has 82 valence electrons. The van der Waals surface area contributed by atoms with Crippen molar-refractivity contribution in [2.24, 2.45) is 0 Å². The summed E-state index contributed by atoms with van der Waals surface area (Å²) in [7, 11) is 0. The van der Waals surface area contributed by atoms with E-state index >= 15 is 0 Å². The van der Waals surface area contributed by atoms with Crippen LogP contribution >= 0.6 is 0 Å². The molecule has 0 bridgehead atoms. The first-order chi connectivity index (χ1) is 6.56. The Morgan fingerprint density at radius 2 is 2.00 bits per heavy atom. The molecule has 14 heavy (non-hydrogen) atoms. The Kier molecular flexibility index (Phi) is 6.74. The van der Waals surface area contributed by atoms with Crippen LogP contribution in [0, 0.1) is 0 Å². The maximum Gasteiger partial charge on any atom is 0.307 e. The van der Waals surface area contributed by atoms with Gasteiger partial charge in [0.25, 0.3) is 0 Å². The zero-order chi connectivity index (χ0) is 11.0. The third kappa shape index (κ3) is 7.54. The molecule has 5 heteroatoms. The van der Waals surface area contributed by atoms with Crippen molar-refractivity contribution >= 4 is 11.9 Å². The van der Waals surface area contributed by atoms with Crippen LogP contribution in [0.2, 0.25) is 0 Å². The van der Waals surface area contributed by atoms with Crippen LogP contribution in [-0.4, -0.2) is 34.9 Å². The van der Waals surface area contributed by atoms with Gasteiger partial charge >= 0.3 is 11.9 Å². The fourth-order valence-electron chi connectivity index (χ4n) is 0.952. The van der Waals surface area contributed by atoms with Crippen molar-refractivity contribution in [1.29, 1.82) is 0 Å². The summed E-state index contributed by atoms with van der Waals surface area (Å²) in [4.78, 5) is 21.2. The normalized spacial score (nSPS) is 12.1. The molecule has 0 radical (unpaired) electrons. The number of carboxylic acid groups (broad SMARTS) is 1. The maximum absolute atomic E-state index is 11.0. The number of esters is 1. The predicted molar refractivity (Wildman–Crippen MR) is 48.7 cm³/mol. The van der Waals surface area contributed by atoms with Gasteiger partial charge in [0.2, 0.25) is 0 Å². The molecule has 0 aromatic carbocycles. The summed E-state index contributed by atoms with van der Waals surface area (Å²) in [6.07, 6.45) is 0.586. The average molecular weight is 204 g/mol. The van der Waals surface area contributed by atoms with E-state index in [4.69, 9.17) is 14.9 Å². The van der Waals surface area contributed by atoms with E-state index in [1.54, 1.807) is 0 Å². The minimum Gasteiger partial charge on any atom is -0.481 e. The highest BCUT2D eigenvalue weighted by Crippen LogP contribution is 2.02. The van der Waals surface area contributed by atoms with Gasteiger partial charge in [-0.1, -0.05) is 0 Å². The van der Waals surface area contributed by atoms with E-state index in [1.165, 1.54) is 6.92 Å². The lowest BCUT2D eigenvalue weighted by molar-refractivity contribution is -0.151. The van der Waals surface area contributed by atoms with Gasteiger partial charge < -0.3 is 14.9 Å². The zero-order valence-electron chi connectivity index (χ0n) is 8.23. The van der Waals surface area contributed by atoms with Gasteiger partial charge in [0.15, 0.2) is 0 Å². The Balaban J connectivity index is 3.55. The van der Waals surface area contributed by atoms with Crippen molar-refractivity contribution in [1.82, 2.24) is 0 Å². The van der Waals surface area contributed by atoms with Crippen LogP contribution in [0.15, 0.2) is 0 Å². The number of hydrogen-bond donors (Lipinski definition) is 2. The second kappa shape index (κ2) is 7.32. The molecule has 0 heterocycles. The van der Waals surface area contributed by atoms with Crippen LogP contribution in [0.3, 0.4) is 0 Å². The maximum atomic E-state index is 11.0. The number of aliphatic hydroxyl groups excluding tert-OH is 1. The van der Waals surface area contributed by atoms with E-state index in [0.29, 0.717) is 12.8 Å². The number of carbonyl (C=O) groups excluding carboxylic acids is 1. The van der Waals surface area contributed by atoms with Gasteiger partial charge in [0.1, 0.15) is 6.10 Å². The molecule has 0 aromatic rings. The van der Waals surface area contributed by atoms with Gasteiger partial charge in [-0.3, -0.25) is 9.59 Å². The summed E-state index contributed by atoms with van der Waals surface area (Å²) in [5.41, 5.74) is 0. The predicted octanol–water partition coefficient (Wildman–Crippen LogP) is 0.555. The zero-order valence-corrected chi connectivity index (χ0v) is 8.23. The van der Waals surface area contributed by atoms with E-state index in [2.05, 4.69) is 0 Å². The highest BCUT2D eigenvalue weighted by Gasteiger charge is 2.12. The largest absolute Gasteiger partial charge is 0.481 e. The molecule has 0 aliphatic carbocycles. The van der Waals surface area contributed by atoms with E-state index in [9.17, 15) is 9.59 Å². The van der Waals surface area contributed by atoms with Gasteiger partial charge in [-0.05, 0) is 19.8 Å². The minimum atomic E-state index is -0.986. The third-order valence-corrected chi connectivity index (χ3v) is 1.58. The van der Waals surface area contributed by atoms with Crippen molar-refractivity contribution in [2.45, 2.75) is 38.7 Å². The Bertz CT molecular complexity index is 190. The molecule has 1 atom stereocenters. The topological polar surface area (TPSA) is 83.8 Å². The summed E-state index contributed by atoms with van der Waals surface area (Å²) < 4.78 is 4.81. The molecule has 1 unspecified atom stereocenters. The van der Waals surface area contributed by atoms with Crippen molar-refractivity contribution in [3.05, 3.63) is 0 Å². The molecule has 0 saturated carbocycles. The Morgan fingerprint density at radius 1 is 1.36 bits per heavy atom. The van der Waals surface area contributed by atoms with Crippen LogP contribution in [0.25, 0.3) is 0 Å². The second-order valence-corrected chi connectivity index (χ2v) is 3.08. The lowest BCUT2D eigenvalue weighted by Gasteiger charge is -2.10. The SMILES string of the molecule is CC(CC(=O)O)OC(=O)CCCCO. The highest BCUT2D eigenvalue weighted by atomic mass is 16.5. The van der Waals surface area contributed by atoms with Crippen molar-refractivity contribution in [2.75, 3.05) is 6.61 Å². The lowest BCUT2D eigenvalue weighted by Crippen LogP contribution is -2.18. The molecular formula is C9H16O5. The number of hydrogen-bond acceptors (Lipinski definition) is 4. The second-order valence-electron chi connectivity index (χ2n) is 3.08. The standard InChI is InChI=1S/C9H16O5/c1-7(6-8(11)12)14-9(13)4-2-3-5-10/h7,10H,2-6H2,1H3,(H,11,12). The Labute approximate surface area is 82.7 Å². The smallest absolute Gasteiger partial charge is 0.307 e. The number of carboxylic acids is 1. The molecule has 0 rings (SSSR count). The number of unbranched alkanes of at least 4 members (excludes halogenated alkanes) is 1. The number of carbonyl (C=O) groups is 2. The molecule has 0 amide bonds. The van der Waals surface area contributed by atoms with E-state index < -0.39 is 18.0 Å². The van der Waals surface area contributed by atoms with Gasteiger partial charge in [0.05, 0.1) is 6.42 Å². The van der Waals surface area contributed by atoms with E-state index in [0.717, 1.165) is 0 Å². The van der Waals surface area contributed by atoms with Crippen LogP contribution in [-0.2, 0) is 14.3 Å². The molecule has 0 saturated heterocycles. The van der Waals surface area contributed by atoms with Gasteiger partial charge in [0, 0.05) is 13.0 Å². The summed E-state index contributed by atoms with van der Waals surface area (Å²) in [6.45, 7) is 1.59. The van der Waals surface area contributed by atoms with Crippen molar-refractivity contribution in [3.8, 4) is 0 Å². The lowest BCUT2D eigenvalue weighted by atomic mass is 10.2. The summed E-state index contributed by atoms with van der Waals surface area (Å²) in [6, 6.07) is 0. The molecule has 0 aromatic heterocycles. The van der Waals surface area contributed by atoms with Crippen LogP contribution in [0.1, 0.15) is 32.6 Å². The summed E-state index contributed by atoms with van der Waals surface area (Å²) >= 11 is 0. The Morgan fingerprint density at radius 3 is 2.50 bits per heavy atom. The van der Waals surface area contributed by atoms with Crippen LogP contribution in [0.4, 0.5) is 0 Å². The van der Waals surface area contributed by atoms with Gasteiger partial charge in [-0.2, -0.15) is 0 Å². The first-order valence-corrected chi connectivity index (χ1v) is 4.58. The minimum absolute atomic E-state index is 0.0535. The Hall–Kier alpha value is -1.10. The molecular weight excluding hydrogens is 188 g/mol. The highest BCUT2D eigenvalue weighted by molar-refractivity contribution is 5.71. The van der Waals surface area contributed by atoms with Crippen molar-refractivity contribution in [3.63, 3.8) is 0 Å². The van der Waals surface area contributed by atoms with E-state index in [-0.39, 0.29) is 19.4 Å². The fourth-order valence-corrected chi connectivity index (χ4v) is 0.952. The number of ether oxygens (including phenoxy) is 1. The molecule has 2 N–H and O–H groups in total. The molecule has 5 nitrogen and oxygen atoms in total. The monoisotopic (exact) mass is 204 g/mol. The molecule has 0 aliphatic rings. The molecule has 0 aliphatic heterocycles. The van der Waals surface area contributed by atoms with Crippen LogP contribution < -0.4 is 0 Å². The fraction of sp³-hybridized carbons (Fsp3) is 0.778. The number of aliphatic carboxylic acids is 1.